The van der Waals surface area contributed by atoms with E-state index in [2.05, 4.69) is 10.6 Å². The Morgan fingerprint density at radius 2 is 1.58 bits per heavy atom. The second kappa shape index (κ2) is 10.7. The quantitative estimate of drug-likeness (QED) is 0.600. The van der Waals surface area contributed by atoms with E-state index >= 15 is 0 Å². The van der Waals surface area contributed by atoms with E-state index in [4.69, 9.17) is 4.74 Å². The van der Waals surface area contributed by atoms with Crippen LogP contribution in [0.3, 0.4) is 0 Å². The summed E-state index contributed by atoms with van der Waals surface area (Å²) in [5.41, 5.74) is 0.655. The maximum absolute atomic E-state index is 13.1. The minimum Gasteiger partial charge on any atom is -0.497 e. The Hall–Kier alpha value is -3.09. The molecule has 2 saturated carbocycles. The standard InChI is InChI=1S/C26H33N3O4/c1-33-21-12-8-18(9-13-21)14-15-27-25(31)22-16-29(20-10-11-20)17-23(24(22)30)26(32)28-19-6-4-2-3-5-7-19/h8-9,12-13,16-17,19-20H,2-7,10-11,14-15H2,1H3,(H,27,31)(H,28,32). The molecule has 2 aliphatic rings. The highest BCUT2D eigenvalue weighted by Gasteiger charge is 2.27. The van der Waals surface area contributed by atoms with Crippen LogP contribution in [0.5, 0.6) is 5.75 Å². The number of hydrogen-bond acceptors (Lipinski definition) is 4. The molecule has 1 aromatic carbocycles. The van der Waals surface area contributed by atoms with E-state index in [1.54, 1.807) is 19.5 Å². The van der Waals surface area contributed by atoms with Crippen molar-refractivity contribution in [2.75, 3.05) is 13.7 Å². The third kappa shape index (κ3) is 6.03. The summed E-state index contributed by atoms with van der Waals surface area (Å²) in [4.78, 5) is 39.0. The molecular weight excluding hydrogens is 418 g/mol. The van der Waals surface area contributed by atoms with Gasteiger partial charge in [-0.25, -0.2) is 0 Å². The lowest BCUT2D eigenvalue weighted by molar-refractivity contribution is 0.0931. The zero-order chi connectivity index (χ0) is 23.2. The van der Waals surface area contributed by atoms with Crippen molar-refractivity contribution >= 4 is 11.8 Å². The normalized spacial score (nSPS) is 16.6. The maximum Gasteiger partial charge on any atom is 0.256 e. The number of carbonyl (C=O) groups is 2. The number of nitrogens with one attached hydrogen (secondary N) is 2. The van der Waals surface area contributed by atoms with Crippen LogP contribution in [0.4, 0.5) is 0 Å². The van der Waals surface area contributed by atoms with Gasteiger partial charge in [-0.15, -0.1) is 0 Å². The third-order valence-electron chi connectivity index (χ3n) is 6.55. The van der Waals surface area contributed by atoms with Crippen LogP contribution in [0.25, 0.3) is 0 Å². The number of nitrogens with zero attached hydrogens (tertiary/aromatic N) is 1. The van der Waals surface area contributed by atoms with E-state index in [0.717, 1.165) is 49.8 Å². The molecule has 176 valence electrons. The monoisotopic (exact) mass is 451 g/mol. The summed E-state index contributed by atoms with van der Waals surface area (Å²) < 4.78 is 7.03. The average Bonchev–Trinajstić information content (AvgIpc) is 3.68. The molecule has 2 amide bonds. The highest BCUT2D eigenvalue weighted by atomic mass is 16.5. The summed E-state index contributed by atoms with van der Waals surface area (Å²) in [6.07, 6.45) is 12.3. The van der Waals surface area contributed by atoms with Crippen molar-refractivity contribution < 1.29 is 14.3 Å². The summed E-state index contributed by atoms with van der Waals surface area (Å²) in [5.74, 6) is -0.0245. The summed E-state index contributed by atoms with van der Waals surface area (Å²) in [6.45, 7) is 0.395. The highest BCUT2D eigenvalue weighted by molar-refractivity contribution is 5.99. The molecule has 0 spiro atoms. The molecule has 0 atom stereocenters. The predicted molar refractivity (Wildman–Crippen MR) is 127 cm³/mol. The van der Waals surface area contributed by atoms with Gasteiger partial charge in [0.2, 0.25) is 5.43 Å². The van der Waals surface area contributed by atoms with E-state index in [0.29, 0.717) is 13.0 Å². The van der Waals surface area contributed by atoms with Gasteiger partial charge in [0.05, 0.1) is 7.11 Å². The van der Waals surface area contributed by atoms with Crippen LogP contribution in [0.1, 0.15) is 83.7 Å². The van der Waals surface area contributed by atoms with Crippen molar-refractivity contribution in [1.29, 1.82) is 0 Å². The van der Waals surface area contributed by atoms with Gasteiger partial charge in [0.25, 0.3) is 11.8 Å². The second-order valence-corrected chi connectivity index (χ2v) is 9.11. The number of carbonyl (C=O) groups excluding carboxylic acids is 2. The Morgan fingerprint density at radius 1 is 0.939 bits per heavy atom. The van der Waals surface area contributed by atoms with Crippen molar-refractivity contribution in [2.24, 2.45) is 0 Å². The molecule has 7 nitrogen and oxygen atoms in total. The van der Waals surface area contributed by atoms with Crippen LogP contribution in [-0.4, -0.2) is 36.1 Å². The van der Waals surface area contributed by atoms with Crippen LogP contribution in [-0.2, 0) is 6.42 Å². The van der Waals surface area contributed by atoms with Crippen LogP contribution in [0.15, 0.2) is 41.5 Å². The Labute approximate surface area is 194 Å². The fraction of sp³-hybridized carbons (Fsp3) is 0.500. The first-order valence-corrected chi connectivity index (χ1v) is 12.0. The van der Waals surface area contributed by atoms with E-state index in [9.17, 15) is 14.4 Å². The van der Waals surface area contributed by atoms with Gasteiger partial charge in [-0.05, 0) is 49.8 Å². The molecule has 2 aliphatic carbocycles. The summed E-state index contributed by atoms with van der Waals surface area (Å²) in [7, 11) is 1.62. The molecule has 0 bridgehead atoms. The average molecular weight is 452 g/mol. The molecule has 2 fully saturated rings. The molecule has 0 aliphatic heterocycles. The van der Waals surface area contributed by atoms with Gasteiger partial charge in [-0.1, -0.05) is 37.8 Å². The largest absolute Gasteiger partial charge is 0.497 e. The maximum atomic E-state index is 13.1. The third-order valence-corrected chi connectivity index (χ3v) is 6.55. The van der Waals surface area contributed by atoms with Gasteiger partial charge >= 0.3 is 0 Å². The molecular formula is C26H33N3O4. The first-order valence-electron chi connectivity index (χ1n) is 12.0. The van der Waals surface area contributed by atoms with Gasteiger partial charge in [0.1, 0.15) is 16.9 Å². The van der Waals surface area contributed by atoms with Crippen LogP contribution in [0.2, 0.25) is 0 Å². The summed E-state index contributed by atoms with van der Waals surface area (Å²) in [5, 5.41) is 5.89. The fourth-order valence-electron chi connectivity index (χ4n) is 4.40. The minimum absolute atomic E-state index is 0.0325. The van der Waals surface area contributed by atoms with E-state index in [1.165, 1.54) is 12.8 Å². The number of hydrogen-bond donors (Lipinski definition) is 2. The Bertz CT molecular complexity index is 1030. The van der Waals surface area contributed by atoms with Crippen LogP contribution in [0, 0.1) is 0 Å². The molecule has 2 aromatic rings. The molecule has 33 heavy (non-hydrogen) atoms. The lowest BCUT2D eigenvalue weighted by Crippen LogP contribution is -2.39. The van der Waals surface area contributed by atoms with Gasteiger partial charge in [-0.3, -0.25) is 14.4 Å². The Kier molecular flexibility index (Phi) is 7.47. The molecule has 0 saturated heterocycles. The van der Waals surface area contributed by atoms with Crippen molar-refractivity contribution in [3.8, 4) is 5.75 Å². The number of ether oxygens (including phenoxy) is 1. The van der Waals surface area contributed by atoms with Crippen molar-refractivity contribution in [1.82, 2.24) is 15.2 Å². The van der Waals surface area contributed by atoms with Gasteiger partial charge in [0.15, 0.2) is 0 Å². The molecule has 2 N–H and O–H groups in total. The molecule has 0 unspecified atom stereocenters. The van der Waals surface area contributed by atoms with Crippen LogP contribution >= 0.6 is 0 Å². The zero-order valence-corrected chi connectivity index (χ0v) is 19.3. The topological polar surface area (TPSA) is 89.4 Å². The molecule has 7 heteroatoms. The molecule has 1 heterocycles. The van der Waals surface area contributed by atoms with E-state index < -0.39 is 11.3 Å². The number of benzene rings is 1. The fourth-order valence-corrected chi connectivity index (χ4v) is 4.40. The Balaban J connectivity index is 1.46. The number of pyridine rings is 1. The van der Waals surface area contributed by atoms with Crippen molar-refractivity contribution in [3.05, 3.63) is 63.6 Å². The molecule has 4 rings (SSSR count). The number of methoxy groups -OCH3 is 1. The number of rotatable bonds is 8. The van der Waals surface area contributed by atoms with E-state index in [-0.39, 0.29) is 29.1 Å². The first-order chi connectivity index (χ1) is 16.0. The smallest absolute Gasteiger partial charge is 0.256 e. The Morgan fingerprint density at radius 3 is 2.18 bits per heavy atom. The number of aromatic nitrogens is 1. The number of amides is 2. The molecule has 0 radical (unpaired) electrons. The first kappa shape index (κ1) is 23.1. The van der Waals surface area contributed by atoms with Crippen molar-refractivity contribution in [2.45, 2.75) is 69.9 Å². The zero-order valence-electron chi connectivity index (χ0n) is 19.3. The predicted octanol–water partition coefficient (Wildman–Crippen LogP) is 3.62. The van der Waals surface area contributed by atoms with Gasteiger partial charge in [-0.2, -0.15) is 0 Å². The van der Waals surface area contributed by atoms with E-state index in [1.807, 2.05) is 28.8 Å². The summed E-state index contributed by atoms with van der Waals surface area (Å²) >= 11 is 0. The minimum atomic E-state index is -0.500. The van der Waals surface area contributed by atoms with Gasteiger partial charge < -0.3 is 19.9 Å². The summed E-state index contributed by atoms with van der Waals surface area (Å²) in [6, 6.07) is 7.99. The SMILES string of the molecule is COc1ccc(CCNC(=O)c2cn(C3CC3)cc(C(=O)NC3CCCCCC3)c2=O)cc1. The lowest BCUT2D eigenvalue weighted by atomic mass is 10.1. The van der Waals surface area contributed by atoms with Crippen LogP contribution < -0.4 is 20.8 Å². The van der Waals surface area contributed by atoms with Crippen molar-refractivity contribution in [3.63, 3.8) is 0 Å². The second-order valence-electron chi connectivity index (χ2n) is 9.11. The lowest BCUT2D eigenvalue weighted by Gasteiger charge is -2.17. The molecule has 1 aromatic heterocycles. The van der Waals surface area contributed by atoms with Gasteiger partial charge in [0, 0.05) is 31.0 Å². The highest BCUT2D eigenvalue weighted by Crippen LogP contribution is 2.34.